The lowest BCUT2D eigenvalue weighted by molar-refractivity contribution is 0.402. The average molecular weight is 339 g/mol. The second-order valence-corrected chi connectivity index (χ2v) is 5.37. The summed E-state index contributed by atoms with van der Waals surface area (Å²) in [7, 11) is 1.55. The lowest BCUT2D eigenvalue weighted by atomic mass is 9.97. The van der Waals surface area contributed by atoms with Crippen molar-refractivity contribution in [2.75, 3.05) is 7.11 Å². The number of rotatable bonds is 4. The number of aryl methyl sites for hydroxylation is 1. The minimum Gasteiger partial charge on any atom is -0.496 e. The van der Waals surface area contributed by atoms with Gasteiger partial charge in [-0.3, -0.25) is 5.84 Å². The van der Waals surface area contributed by atoms with E-state index in [1.807, 2.05) is 25.1 Å². The SMILES string of the molecule is COc1ccc(F)cc1C(NN)c1ccc(C)cc1Br. The molecule has 0 aliphatic carbocycles. The Balaban J connectivity index is 2.54. The van der Waals surface area contributed by atoms with Crippen LogP contribution in [0, 0.1) is 12.7 Å². The van der Waals surface area contributed by atoms with Gasteiger partial charge in [-0.25, -0.2) is 9.82 Å². The molecule has 3 N–H and O–H groups in total. The molecule has 2 aromatic rings. The monoisotopic (exact) mass is 338 g/mol. The van der Waals surface area contributed by atoms with Gasteiger partial charge >= 0.3 is 0 Å². The molecule has 0 saturated carbocycles. The van der Waals surface area contributed by atoms with Crippen molar-refractivity contribution in [1.82, 2.24) is 5.43 Å². The standard InChI is InChI=1S/C15H16BrFN2O/c1-9-3-5-11(13(16)7-9)15(19-18)12-8-10(17)4-6-14(12)20-2/h3-8,15,19H,18H2,1-2H3. The molecule has 0 saturated heterocycles. The van der Waals surface area contributed by atoms with Crippen molar-refractivity contribution < 1.29 is 9.13 Å². The van der Waals surface area contributed by atoms with E-state index in [4.69, 9.17) is 10.6 Å². The highest BCUT2D eigenvalue weighted by Crippen LogP contribution is 2.34. The van der Waals surface area contributed by atoms with E-state index in [1.165, 1.54) is 12.1 Å². The van der Waals surface area contributed by atoms with Crippen LogP contribution in [0.25, 0.3) is 0 Å². The van der Waals surface area contributed by atoms with Crippen LogP contribution < -0.4 is 16.0 Å². The van der Waals surface area contributed by atoms with Gasteiger partial charge in [0.1, 0.15) is 11.6 Å². The normalized spacial score (nSPS) is 12.2. The van der Waals surface area contributed by atoms with Crippen molar-refractivity contribution >= 4 is 15.9 Å². The van der Waals surface area contributed by atoms with Gasteiger partial charge in [0.2, 0.25) is 0 Å². The maximum Gasteiger partial charge on any atom is 0.124 e. The number of hydrogen-bond donors (Lipinski definition) is 2. The Kier molecular flexibility index (Phi) is 4.75. The summed E-state index contributed by atoms with van der Waals surface area (Å²) in [5.74, 6) is 5.92. The van der Waals surface area contributed by atoms with Crippen LogP contribution in [0.2, 0.25) is 0 Å². The molecule has 0 spiro atoms. The van der Waals surface area contributed by atoms with Gasteiger partial charge in [0.15, 0.2) is 0 Å². The van der Waals surface area contributed by atoms with Crippen molar-refractivity contribution in [3.63, 3.8) is 0 Å². The number of nitrogens with one attached hydrogen (secondary N) is 1. The molecule has 0 aromatic heterocycles. The maximum absolute atomic E-state index is 13.5. The fourth-order valence-electron chi connectivity index (χ4n) is 2.14. The molecule has 106 valence electrons. The van der Waals surface area contributed by atoms with Crippen LogP contribution in [0.4, 0.5) is 4.39 Å². The Hall–Kier alpha value is -1.43. The number of hydrogen-bond acceptors (Lipinski definition) is 3. The fourth-order valence-corrected chi connectivity index (χ4v) is 2.87. The smallest absolute Gasteiger partial charge is 0.124 e. The van der Waals surface area contributed by atoms with Gasteiger partial charge in [-0.05, 0) is 42.3 Å². The minimum absolute atomic E-state index is 0.329. The molecule has 1 unspecified atom stereocenters. The first-order valence-corrected chi connectivity index (χ1v) is 6.91. The minimum atomic E-state index is -0.365. The van der Waals surface area contributed by atoms with Gasteiger partial charge in [-0.2, -0.15) is 0 Å². The van der Waals surface area contributed by atoms with Gasteiger partial charge in [0.25, 0.3) is 0 Å². The molecule has 3 nitrogen and oxygen atoms in total. The Morgan fingerprint density at radius 3 is 2.55 bits per heavy atom. The van der Waals surface area contributed by atoms with Crippen LogP contribution in [0.15, 0.2) is 40.9 Å². The second kappa shape index (κ2) is 6.35. The molecular formula is C15H16BrFN2O. The third-order valence-electron chi connectivity index (χ3n) is 3.14. The number of ether oxygens (including phenoxy) is 1. The Labute approximate surface area is 126 Å². The molecule has 2 rings (SSSR count). The Morgan fingerprint density at radius 1 is 1.20 bits per heavy atom. The number of methoxy groups -OCH3 is 1. The van der Waals surface area contributed by atoms with Crippen molar-refractivity contribution in [3.05, 3.63) is 63.4 Å². The van der Waals surface area contributed by atoms with Gasteiger partial charge in [-0.15, -0.1) is 0 Å². The fraction of sp³-hybridized carbons (Fsp3) is 0.200. The number of nitrogens with two attached hydrogens (primary N) is 1. The largest absolute Gasteiger partial charge is 0.496 e. The van der Waals surface area contributed by atoms with Gasteiger partial charge < -0.3 is 4.74 Å². The number of benzene rings is 2. The lowest BCUT2D eigenvalue weighted by Gasteiger charge is -2.21. The molecule has 0 heterocycles. The van der Waals surface area contributed by atoms with Crippen LogP contribution in [0.5, 0.6) is 5.75 Å². The quantitative estimate of drug-likeness (QED) is 0.663. The van der Waals surface area contributed by atoms with Crippen LogP contribution in [-0.2, 0) is 0 Å². The summed E-state index contributed by atoms with van der Waals surface area (Å²) in [4.78, 5) is 0. The zero-order valence-corrected chi connectivity index (χ0v) is 12.9. The second-order valence-electron chi connectivity index (χ2n) is 4.51. The summed E-state index contributed by atoms with van der Waals surface area (Å²) in [5, 5.41) is 0. The van der Waals surface area contributed by atoms with Crippen LogP contribution >= 0.6 is 15.9 Å². The molecular weight excluding hydrogens is 323 g/mol. The van der Waals surface area contributed by atoms with E-state index in [9.17, 15) is 4.39 Å². The third kappa shape index (κ3) is 3.00. The molecule has 0 amide bonds. The van der Waals surface area contributed by atoms with E-state index in [0.717, 1.165) is 15.6 Å². The molecule has 0 aliphatic heterocycles. The van der Waals surface area contributed by atoms with Gasteiger partial charge in [0, 0.05) is 10.0 Å². The van der Waals surface area contributed by atoms with Crippen LogP contribution in [0.1, 0.15) is 22.7 Å². The average Bonchev–Trinajstić information content (AvgIpc) is 2.42. The highest BCUT2D eigenvalue weighted by Gasteiger charge is 2.20. The Morgan fingerprint density at radius 2 is 1.95 bits per heavy atom. The van der Waals surface area contributed by atoms with Crippen LogP contribution in [-0.4, -0.2) is 7.11 Å². The van der Waals surface area contributed by atoms with E-state index in [0.29, 0.717) is 11.3 Å². The predicted molar refractivity (Wildman–Crippen MR) is 81.0 cm³/mol. The van der Waals surface area contributed by atoms with E-state index in [-0.39, 0.29) is 11.9 Å². The van der Waals surface area contributed by atoms with E-state index < -0.39 is 0 Å². The summed E-state index contributed by atoms with van der Waals surface area (Å²) in [5.41, 5.74) is 5.42. The highest BCUT2D eigenvalue weighted by atomic mass is 79.9. The van der Waals surface area contributed by atoms with Crippen LogP contribution in [0.3, 0.4) is 0 Å². The maximum atomic E-state index is 13.5. The summed E-state index contributed by atoms with van der Waals surface area (Å²) in [6.45, 7) is 2.00. The first kappa shape index (κ1) is 15.0. The molecule has 0 aliphatic rings. The summed E-state index contributed by atoms with van der Waals surface area (Å²) in [6.07, 6.45) is 0. The van der Waals surface area contributed by atoms with Gasteiger partial charge in [0.05, 0.1) is 13.2 Å². The molecule has 0 radical (unpaired) electrons. The molecule has 2 aromatic carbocycles. The zero-order valence-electron chi connectivity index (χ0n) is 11.3. The molecule has 0 bridgehead atoms. The molecule has 0 fully saturated rings. The predicted octanol–water partition coefficient (Wildman–Crippen LogP) is 3.46. The van der Waals surface area contributed by atoms with Crippen molar-refractivity contribution in [3.8, 4) is 5.75 Å². The number of hydrazine groups is 1. The Bertz CT molecular complexity index is 619. The van der Waals surface area contributed by atoms with Crippen molar-refractivity contribution in [2.45, 2.75) is 13.0 Å². The van der Waals surface area contributed by atoms with Gasteiger partial charge in [-0.1, -0.05) is 28.1 Å². The third-order valence-corrected chi connectivity index (χ3v) is 3.82. The van der Waals surface area contributed by atoms with Crippen molar-refractivity contribution in [2.24, 2.45) is 5.84 Å². The van der Waals surface area contributed by atoms with E-state index in [1.54, 1.807) is 13.2 Å². The van der Waals surface area contributed by atoms with E-state index in [2.05, 4.69) is 21.4 Å². The summed E-state index contributed by atoms with van der Waals surface area (Å²) in [6, 6.07) is 9.94. The zero-order chi connectivity index (χ0) is 14.7. The highest BCUT2D eigenvalue weighted by molar-refractivity contribution is 9.10. The molecule has 20 heavy (non-hydrogen) atoms. The summed E-state index contributed by atoms with van der Waals surface area (Å²) < 4.78 is 19.7. The number of halogens is 2. The molecule has 1 atom stereocenters. The first-order valence-electron chi connectivity index (χ1n) is 6.12. The van der Waals surface area contributed by atoms with E-state index >= 15 is 0 Å². The lowest BCUT2D eigenvalue weighted by Crippen LogP contribution is -2.29. The van der Waals surface area contributed by atoms with Crippen molar-refractivity contribution in [1.29, 1.82) is 0 Å². The first-order chi connectivity index (χ1) is 9.56. The summed E-state index contributed by atoms with van der Waals surface area (Å²) >= 11 is 3.52. The topological polar surface area (TPSA) is 47.3 Å². The molecule has 5 heteroatoms.